The van der Waals surface area contributed by atoms with E-state index < -0.39 is 4.92 Å². The number of nitro benzene ring substituents is 1. The lowest BCUT2D eigenvalue weighted by atomic mass is 10.1. The van der Waals surface area contributed by atoms with Crippen LogP contribution in [0.2, 0.25) is 0 Å². The summed E-state index contributed by atoms with van der Waals surface area (Å²) in [7, 11) is 0. The highest BCUT2D eigenvalue weighted by Crippen LogP contribution is 2.33. The molecule has 1 aromatic rings. The Morgan fingerprint density at radius 2 is 2.12 bits per heavy atom. The molecule has 1 aliphatic rings. The Morgan fingerprint density at radius 1 is 1.44 bits per heavy atom. The topological polar surface area (TPSA) is 98.3 Å². The SMILES string of the molecule is CC(C)CCSc1ccc(C(=O)NC(CN)C2CC2)cc1[N+](=O)[O-].Cl. The third kappa shape index (κ3) is 6.49. The fourth-order valence-electron chi connectivity index (χ4n) is 2.45. The van der Waals surface area contributed by atoms with E-state index in [4.69, 9.17) is 5.73 Å². The van der Waals surface area contributed by atoms with E-state index in [2.05, 4.69) is 19.2 Å². The Balaban J connectivity index is 0.00000312. The zero-order valence-corrected chi connectivity index (χ0v) is 16.2. The number of hydrogen-bond donors (Lipinski definition) is 2. The molecule has 1 saturated carbocycles. The molecule has 0 heterocycles. The van der Waals surface area contributed by atoms with Crippen LogP contribution in [0.25, 0.3) is 0 Å². The van der Waals surface area contributed by atoms with Crippen LogP contribution in [0.3, 0.4) is 0 Å². The summed E-state index contributed by atoms with van der Waals surface area (Å²) >= 11 is 1.46. The lowest BCUT2D eigenvalue weighted by Crippen LogP contribution is -2.41. The number of carbonyl (C=O) groups excluding carboxylic acids is 1. The number of thioether (sulfide) groups is 1. The Kier molecular flexibility index (Phi) is 8.68. The van der Waals surface area contributed by atoms with Crippen LogP contribution >= 0.6 is 24.2 Å². The second-order valence-electron chi connectivity index (χ2n) is 6.62. The van der Waals surface area contributed by atoms with Gasteiger partial charge in [0.05, 0.1) is 9.82 Å². The minimum atomic E-state index is -0.421. The molecule has 3 N–H and O–H groups in total. The van der Waals surface area contributed by atoms with E-state index in [0.29, 0.717) is 28.8 Å². The number of benzene rings is 1. The standard InChI is InChI=1S/C17H25N3O3S.ClH/c1-11(2)7-8-24-16-6-5-13(9-15(16)20(22)23)17(21)19-14(10-18)12-3-4-12;/h5-6,9,11-12,14H,3-4,7-8,10,18H2,1-2H3,(H,19,21);1H. The Bertz CT molecular complexity index is 609. The first-order chi connectivity index (χ1) is 11.4. The molecular formula is C17H26ClN3O3S. The highest BCUT2D eigenvalue weighted by molar-refractivity contribution is 7.99. The van der Waals surface area contributed by atoms with Crippen molar-refractivity contribution in [2.45, 2.75) is 44.0 Å². The van der Waals surface area contributed by atoms with Crippen LogP contribution in [0.4, 0.5) is 5.69 Å². The zero-order valence-electron chi connectivity index (χ0n) is 14.6. The number of nitrogens with two attached hydrogens (primary N) is 1. The lowest BCUT2D eigenvalue weighted by molar-refractivity contribution is -0.387. The maximum atomic E-state index is 12.3. The molecule has 0 saturated heterocycles. The van der Waals surface area contributed by atoms with Crippen LogP contribution in [0.15, 0.2) is 23.1 Å². The van der Waals surface area contributed by atoms with Gasteiger partial charge >= 0.3 is 0 Å². The van der Waals surface area contributed by atoms with Crippen molar-refractivity contribution in [3.8, 4) is 0 Å². The fraction of sp³-hybridized carbons (Fsp3) is 0.588. The van der Waals surface area contributed by atoms with Gasteiger partial charge in [-0.2, -0.15) is 0 Å². The molecule has 0 radical (unpaired) electrons. The fourth-order valence-corrected chi connectivity index (χ4v) is 3.70. The first kappa shape index (κ1) is 21.7. The smallest absolute Gasteiger partial charge is 0.283 e. The summed E-state index contributed by atoms with van der Waals surface area (Å²) in [6, 6.07) is 4.65. The van der Waals surface area contributed by atoms with Gasteiger partial charge in [0.2, 0.25) is 0 Å². The number of nitrogens with one attached hydrogen (secondary N) is 1. The summed E-state index contributed by atoms with van der Waals surface area (Å²) in [6.45, 7) is 4.63. The summed E-state index contributed by atoms with van der Waals surface area (Å²) in [5, 5.41) is 14.2. The first-order valence-corrected chi connectivity index (χ1v) is 9.33. The molecule has 1 atom stereocenters. The van der Waals surface area contributed by atoms with E-state index in [1.54, 1.807) is 12.1 Å². The van der Waals surface area contributed by atoms with E-state index in [9.17, 15) is 14.9 Å². The van der Waals surface area contributed by atoms with Gasteiger partial charge in [-0.25, -0.2) is 0 Å². The van der Waals surface area contributed by atoms with Crippen LogP contribution in [0.5, 0.6) is 0 Å². The van der Waals surface area contributed by atoms with Crippen molar-refractivity contribution in [3.63, 3.8) is 0 Å². The molecule has 8 heteroatoms. The Hall–Kier alpha value is -1.31. The molecule has 1 aromatic carbocycles. The van der Waals surface area contributed by atoms with E-state index >= 15 is 0 Å². The maximum absolute atomic E-state index is 12.3. The molecule has 1 amide bonds. The zero-order chi connectivity index (χ0) is 17.7. The van der Waals surface area contributed by atoms with Gasteiger partial charge in [0, 0.05) is 24.2 Å². The molecule has 1 aliphatic carbocycles. The van der Waals surface area contributed by atoms with Crippen molar-refractivity contribution in [1.82, 2.24) is 5.32 Å². The predicted octanol–water partition coefficient (Wildman–Crippen LogP) is 3.62. The number of rotatable bonds is 9. The molecule has 1 unspecified atom stereocenters. The normalized spacial score (nSPS) is 14.7. The number of carbonyl (C=O) groups is 1. The minimum absolute atomic E-state index is 0. The van der Waals surface area contributed by atoms with Crippen LogP contribution in [-0.4, -0.2) is 29.2 Å². The van der Waals surface area contributed by atoms with Crippen molar-refractivity contribution in [1.29, 1.82) is 0 Å². The Labute approximate surface area is 158 Å². The monoisotopic (exact) mass is 387 g/mol. The van der Waals surface area contributed by atoms with Crippen LogP contribution in [-0.2, 0) is 0 Å². The number of amides is 1. The second-order valence-corrected chi connectivity index (χ2v) is 7.76. The van der Waals surface area contributed by atoms with Crippen molar-refractivity contribution in [2.24, 2.45) is 17.6 Å². The van der Waals surface area contributed by atoms with Crippen molar-refractivity contribution in [3.05, 3.63) is 33.9 Å². The molecule has 0 spiro atoms. The molecule has 0 aromatic heterocycles. The van der Waals surface area contributed by atoms with Crippen molar-refractivity contribution in [2.75, 3.05) is 12.3 Å². The largest absolute Gasteiger partial charge is 0.348 e. The van der Waals surface area contributed by atoms with E-state index in [0.717, 1.165) is 25.0 Å². The average Bonchev–Trinajstić information content (AvgIpc) is 3.36. The van der Waals surface area contributed by atoms with Crippen LogP contribution < -0.4 is 11.1 Å². The predicted molar refractivity (Wildman–Crippen MR) is 104 cm³/mol. The quantitative estimate of drug-likeness (QED) is 0.383. The summed E-state index contributed by atoms with van der Waals surface area (Å²) in [4.78, 5) is 23.9. The summed E-state index contributed by atoms with van der Waals surface area (Å²) in [5.74, 6) is 1.53. The molecule has 1 fully saturated rings. The maximum Gasteiger partial charge on any atom is 0.283 e. The van der Waals surface area contributed by atoms with E-state index in [-0.39, 0.29) is 30.0 Å². The van der Waals surface area contributed by atoms with Crippen molar-refractivity contribution < 1.29 is 9.72 Å². The van der Waals surface area contributed by atoms with Gasteiger partial charge < -0.3 is 11.1 Å². The molecule has 2 rings (SSSR count). The van der Waals surface area contributed by atoms with Crippen LogP contribution in [0, 0.1) is 22.0 Å². The third-order valence-corrected chi connectivity index (χ3v) is 5.23. The van der Waals surface area contributed by atoms with Gasteiger partial charge in [0.25, 0.3) is 11.6 Å². The van der Waals surface area contributed by atoms with E-state index in [1.165, 1.54) is 17.8 Å². The van der Waals surface area contributed by atoms with Gasteiger partial charge in [-0.05, 0) is 49.0 Å². The molecule has 25 heavy (non-hydrogen) atoms. The molecular weight excluding hydrogens is 362 g/mol. The average molecular weight is 388 g/mol. The lowest BCUT2D eigenvalue weighted by Gasteiger charge is -2.16. The summed E-state index contributed by atoms with van der Waals surface area (Å²) in [6.07, 6.45) is 3.14. The number of nitro groups is 1. The van der Waals surface area contributed by atoms with Gasteiger partial charge in [-0.1, -0.05) is 13.8 Å². The first-order valence-electron chi connectivity index (χ1n) is 8.34. The molecule has 0 aliphatic heterocycles. The van der Waals surface area contributed by atoms with Gasteiger partial charge in [-0.15, -0.1) is 24.2 Å². The van der Waals surface area contributed by atoms with E-state index in [1.807, 2.05) is 0 Å². The van der Waals surface area contributed by atoms with Gasteiger partial charge in [0.1, 0.15) is 0 Å². The minimum Gasteiger partial charge on any atom is -0.348 e. The van der Waals surface area contributed by atoms with Gasteiger partial charge in [0.15, 0.2) is 0 Å². The second kappa shape index (κ2) is 9.99. The number of nitrogens with zero attached hydrogens (tertiary/aromatic N) is 1. The highest BCUT2D eigenvalue weighted by Gasteiger charge is 2.31. The number of hydrogen-bond acceptors (Lipinski definition) is 5. The summed E-state index contributed by atoms with van der Waals surface area (Å²) < 4.78 is 0. The van der Waals surface area contributed by atoms with Crippen molar-refractivity contribution >= 4 is 35.8 Å². The molecule has 6 nitrogen and oxygen atoms in total. The number of halogens is 1. The molecule has 140 valence electrons. The van der Waals surface area contributed by atoms with Gasteiger partial charge in [-0.3, -0.25) is 14.9 Å². The molecule has 0 bridgehead atoms. The highest BCUT2D eigenvalue weighted by atomic mass is 35.5. The van der Waals surface area contributed by atoms with Crippen LogP contribution in [0.1, 0.15) is 43.5 Å². The third-order valence-electron chi connectivity index (χ3n) is 4.13. The summed E-state index contributed by atoms with van der Waals surface area (Å²) in [5.41, 5.74) is 6.00. The Morgan fingerprint density at radius 3 is 2.64 bits per heavy atom.